The Morgan fingerprint density at radius 2 is 2.05 bits per heavy atom. The van der Waals surface area contributed by atoms with Crippen LogP contribution in [0.25, 0.3) is 0 Å². The molecular weight excluding hydrogens is 298 g/mol. The maximum atomic E-state index is 13.0. The second-order valence-electron chi connectivity index (χ2n) is 4.47. The van der Waals surface area contributed by atoms with Gasteiger partial charge in [-0.25, -0.2) is 8.78 Å². The van der Waals surface area contributed by atoms with Gasteiger partial charge in [0.15, 0.2) is 0 Å². The van der Waals surface area contributed by atoms with Crippen molar-refractivity contribution in [2.45, 2.75) is 19.2 Å². The van der Waals surface area contributed by atoms with Gasteiger partial charge in [0.25, 0.3) is 0 Å². The smallest absolute Gasteiger partial charge is 0.230 e. The maximum absolute atomic E-state index is 13.0. The van der Waals surface area contributed by atoms with Gasteiger partial charge in [-0.05, 0) is 24.6 Å². The van der Waals surface area contributed by atoms with Crippen LogP contribution in [0.1, 0.15) is 16.8 Å². The van der Waals surface area contributed by atoms with E-state index in [0.29, 0.717) is 11.3 Å². The molecule has 0 unspecified atom stereocenters. The highest BCUT2D eigenvalue weighted by Crippen LogP contribution is 2.14. The summed E-state index contributed by atoms with van der Waals surface area (Å²) in [5.41, 5.74) is 2.14. The molecule has 21 heavy (non-hydrogen) atoms. The molecule has 1 heterocycles. The van der Waals surface area contributed by atoms with E-state index in [4.69, 9.17) is 4.52 Å². The molecule has 0 atom stereocenters. The zero-order chi connectivity index (χ0) is 15.2. The number of benzene rings is 1. The van der Waals surface area contributed by atoms with E-state index in [1.54, 1.807) is 6.26 Å². The summed E-state index contributed by atoms with van der Waals surface area (Å²) in [5.74, 6) is -0.633. The molecular formula is C14H14F2N2O2S. The Kier molecular flexibility index (Phi) is 5.32. The summed E-state index contributed by atoms with van der Waals surface area (Å²) >= 11 is 1.41. The number of aromatic nitrogens is 1. The summed E-state index contributed by atoms with van der Waals surface area (Å²) < 4.78 is 30.8. The highest BCUT2D eigenvalue weighted by molar-refractivity contribution is 7.99. The Morgan fingerprint density at radius 1 is 1.33 bits per heavy atom. The van der Waals surface area contributed by atoms with Crippen LogP contribution >= 0.6 is 11.8 Å². The molecule has 0 aliphatic carbocycles. The van der Waals surface area contributed by atoms with Gasteiger partial charge in [-0.2, -0.15) is 0 Å². The van der Waals surface area contributed by atoms with Crippen LogP contribution in [0.5, 0.6) is 0 Å². The summed E-state index contributed by atoms with van der Waals surface area (Å²) in [6.45, 7) is 1.93. The van der Waals surface area contributed by atoms with Gasteiger partial charge in [-0.15, -0.1) is 11.8 Å². The first-order chi connectivity index (χ1) is 10.0. The molecule has 2 rings (SSSR count). The number of amides is 1. The average molecular weight is 312 g/mol. The zero-order valence-corrected chi connectivity index (χ0v) is 12.2. The van der Waals surface area contributed by atoms with Gasteiger partial charge in [0.2, 0.25) is 5.91 Å². The van der Waals surface area contributed by atoms with Crippen molar-refractivity contribution in [1.29, 1.82) is 0 Å². The molecule has 1 aromatic carbocycles. The number of carbonyl (C=O) groups excluding carboxylic acids is 1. The van der Waals surface area contributed by atoms with Gasteiger partial charge in [-0.1, -0.05) is 5.16 Å². The second-order valence-corrected chi connectivity index (χ2v) is 5.46. The van der Waals surface area contributed by atoms with Gasteiger partial charge < -0.3 is 9.84 Å². The summed E-state index contributed by atoms with van der Waals surface area (Å²) in [6, 6.07) is 3.18. The van der Waals surface area contributed by atoms with Crippen molar-refractivity contribution >= 4 is 17.7 Å². The number of halogens is 2. The highest BCUT2D eigenvalue weighted by atomic mass is 32.2. The summed E-state index contributed by atoms with van der Waals surface area (Å²) in [5, 5.41) is 6.36. The lowest BCUT2D eigenvalue weighted by molar-refractivity contribution is -0.118. The first-order valence-electron chi connectivity index (χ1n) is 6.24. The van der Waals surface area contributed by atoms with Crippen LogP contribution in [-0.4, -0.2) is 16.8 Å². The van der Waals surface area contributed by atoms with Crippen molar-refractivity contribution in [3.8, 4) is 0 Å². The van der Waals surface area contributed by atoms with E-state index in [0.717, 1.165) is 17.3 Å². The Morgan fingerprint density at radius 3 is 2.67 bits per heavy atom. The van der Waals surface area contributed by atoms with Crippen molar-refractivity contribution in [2.24, 2.45) is 0 Å². The summed E-state index contributed by atoms with van der Waals surface area (Å²) in [6.07, 6.45) is 1.55. The number of aryl methyl sites for hydroxylation is 1. The monoisotopic (exact) mass is 312 g/mol. The fraction of sp³-hybridized carbons (Fsp3) is 0.286. The zero-order valence-electron chi connectivity index (χ0n) is 11.4. The third kappa shape index (κ3) is 4.86. The van der Waals surface area contributed by atoms with Crippen LogP contribution in [0.3, 0.4) is 0 Å². The Balaban J connectivity index is 1.73. The number of hydrogen-bond donors (Lipinski definition) is 1. The second kappa shape index (κ2) is 7.21. The minimum Gasteiger partial charge on any atom is -0.364 e. The van der Waals surface area contributed by atoms with Crippen LogP contribution < -0.4 is 5.32 Å². The Bertz CT molecular complexity index is 611. The van der Waals surface area contributed by atoms with E-state index in [9.17, 15) is 13.6 Å². The van der Waals surface area contributed by atoms with Crippen molar-refractivity contribution in [3.63, 3.8) is 0 Å². The number of thioether (sulfide) groups is 1. The third-order valence-corrected chi connectivity index (χ3v) is 3.73. The molecule has 0 aliphatic rings. The molecule has 0 spiro atoms. The molecule has 0 radical (unpaired) electrons. The van der Waals surface area contributed by atoms with Crippen molar-refractivity contribution in [3.05, 3.63) is 52.9 Å². The predicted molar refractivity (Wildman–Crippen MR) is 75.6 cm³/mol. The fourth-order valence-corrected chi connectivity index (χ4v) is 2.56. The van der Waals surface area contributed by atoms with Crippen LogP contribution in [0.15, 0.2) is 29.0 Å². The molecule has 0 bridgehead atoms. The SMILES string of the molecule is Cc1nocc1CSCC(=O)NCc1cc(F)cc(F)c1. The van der Waals surface area contributed by atoms with Gasteiger partial charge in [-0.3, -0.25) is 4.79 Å². The average Bonchev–Trinajstić information content (AvgIpc) is 2.81. The number of nitrogens with zero attached hydrogens (tertiary/aromatic N) is 1. The molecule has 4 nitrogen and oxygen atoms in total. The quantitative estimate of drug-likeness (QED) is 0.891. The molecule has 112 valence electrons. The van der Waals surface area contributed by atoms with Crippen molar-refractivity contribution in [1.82, 2.24) is 10.5 Å². The molecule has 7 heteroatoms. The lowest BCUT2D eigenvalue weighted by Gasteiger charge is -2.05. The first kappa shape index (κ1) is 15.5. The molecule has 1 N–H and O–H groups in total. The molecule has 0 fully saturated rings. The van der Waals surface area contributed by atoms with E-state index >= 15 is 0 Å². The molecule has 0 saturated heterocycles. The van der Waals surface area contributed by atoms with E-state index in [1.165, 1.54) is 23.9 Å². The predicted octanol–water partition coefficient (Wildman–Crippen LogP) is 2.81. The topological polar surface area (TPSA) is 55.1 Å². The third-order valence-electron chi connectivity index (χ3n) is 2.75. The standard InChI is InChI=1S/C14H14F2N2O2S/c1-9-11(6-20-18-9)7-21-8-14(19)17-5-10-2-12(15)4-13(16)3-10/h2-4,6H,5,7-8H2,1H3,(H,17,19). The Labute approximate surface area is 124 Å². The normalized spacial score (nSPS) is 10.6. The molecule has 1 aromatic heterocycles. The summed E-state index contributed by atoms with van der Waals surface area (Å²) in [7, 11) is 0. The number of carbonyl (C=O) groups is 1. The van der Waals surface area contributed by atoms with E-state index in [1.807, 2.05) is 6.92 Å². The van der Waals surface area contributed by atoms with Crippen molar-refractivity contribution < 1.29 is 18.1 Å². The van der Waals surface area contributed by atoms with E-state index in [2.05, 4.69) is 10.5 Å². The van der Waals surface area contributed by atoms with Gasteiger partial charge in [0.05, 0.1) is 11.4 Å². The van der Waals surface area contributed by atoms with Crippen LogP contribution in [0.2, 0.25) is 0 Å². The summed E-state index contributed by atoms with van der Waals surface area (Å²) in [4.78, 5) is 11.6. The van der Waals surface area contributed by atoms with Crippen molar-refractivity contribution in [2.75, 3.05) is 5.75 Å². The van der Waals surface area contributed by atoms with Crippen LogP contribution in [-0.2, 0) is 17.1 Å². The van der Waals surface area contributed by atoms with Crippen LogP contribution in [0.4, 0.5) is 8.78 Å². The molecule has 0 aliphatic heterocycles. The van der Waals surface area contributed by atoms with Gasteiger partial charge >= 0.3 is 0 Å². The largest absolute Gasteiger partial charge is 0.364 e. The Hall–Kier alpha value is -1.89. The number of hydrogen-bond acceptors (Lipinski definition) is 4. The molecule has 1 amide bonds. The maximum Gasteiger partial charge on any atom is 0.230 e. The number of nitrogens with one attached hydrogen (secondary N) is 1. The van der Waals surface area contributed by atoms with Gasteiger partial charge in [0.1, 0.15) is 17.9 Å². The first-order valence-corrected chi connectivity index (χ1v) is 7.39. The van der Waals surface area contributed by atoms with E-state index < -0.39 is 11.6 Å². The lowest BCUT2D eigenvalue weighted by atomic mass is 10.2. The number of rotatable bonds is 6. The van der Waals surface area contributed by atoms with Crippen LogP contribution in [0, 0.1) is 18.6 Å². The molecule has 2 aromatic rings. The minimum absolute atomic E-state index is 0.0976. The molecule has 0 saturated carbocycles. The van der Waals surface area contributed by atoms with Gasteiger partial charge in [0, 0.05) is 23.9 Å². The minimum atomic E-state index is -0.656. The van der Waals surface area contributed by atoms with E-state index in [-0.39, 0.29) is 18.2 Å². The fourth-order valence-electron chi connectivity index (χ4n) is 1.67. The highest BCUT2D eigenvalue weighted by Gasteiger charge is 2.07. The lowest BCUT2D eigenvalue weighted by Crippen LogP contribution is -2.24.